The highest BCUT2D eigenvalue weighted by molar-refractivity contribution is 6.08. The Labute approximate surface area is 209 Å². The maximum Gasteiger partial charge on any atom is 0.255 e. The molecule has 3 heterocycles. The van der Waals surface area contributed by atoms with Crippen molar-refractivity contribution in [3.8, 4) is 17.0 Å². The zero-order valence-corrected chi connectivity index (χ0v) is 20.9. The van der Waals surface area contributed by atoms with Gasteiger partial charge in [0, 0.05) is 43.4 Å². The summed E-state index contributed by atoms with van der Waals surface area (Å²) in [5, 5.41) is 3.09. The van der Waals surface area contributed by atoms with Crippen molar-refractivity contribution in [1.29, 1.82) is 0 Å². The van der Waals surface area contributed by atoms with Crippen LogP contribution in [0, 0.1) is 12.8 Å². The highest BCUT2D eigenvalue weighted by atomic mass is 16.5. The molecule has 2 aromatic heterocycles. The van der Waals surface area contributed by atoms with Crippen molar-refractivity contribution in [1.82, 2.24) is 25.2 Å². The van der Waals surface area contributed by atoms with E-state index in [9.17, 15) is 14.4 Å². The molecule has 2 amide bonds. The van der Waals surface area contributed by atoms with Gasteiger partial charge < -0.3 is 19.9 Å². The molecule has 3 aromatic rings. The second kappa shape index (κ2) is 9.72. The van der Waals surface area contributed by atoms with Crippen molar-refractivity contribution in [3.63, 3.8) is 0 Å². The number of fused-ring (bicyclic) bond motifs is 1. The molecule has 2 fully saturated rings. The Hall–Kier alpha value is -3.75. The third-order valence-corrected chi connectivity index (χ3v) is 7.12. The fourth-order valence-corrected chi connectivity index (χ4v) is 4.78. The normalized spacial score (nSPS) is 16.2. The van der Waals surface area contributed by atoms with E-state index in [1.807, 2.05) is 19.1 Å². The van der Waals surface area contributed by atoms with Crippen LogP contribution in [0.3, 0.4) is 0 Å². The molecule has 1 saturated carbocycles. The Kier molecular flexibility index (Phi) is 6.47. The van der Waals surface area contributed by atoms with E-state index >= 15 is 0 Å². The summed E-state index contributed by atoms with van der Waals surface area (Å²) in [6, 6.07) is 3.72. The molecule has 0 spiro atoms. The number of likely N-dealkylation sites (tertiary alicyclic amines) is 1. The molecule has 5 rings (SSSR count). The minimum Gasteiger partial charge on any atom is -0.493 e. The fourth-order valence-electron chi connectivity index (χ4n) is 4.78. The number of carbonyl (C=O) groups excluding carboxylic acids is 3. The number of benzene rings is 1. The summed E-state index contributed by atoms with van der Waals surface area (Å²) in [5.74, 6) is 1.05. The van der Waals surface area contributed by atoms with Gasteiger partial charge in [0.25, 0.3) is 5.91 Å². The quantitative estimate of drug-likeness (QED) is 0.489. The van der Waals surface area contributed by atoms with Crippen molar-refractivity contribution in [2.24, 2.45) is 5.92 Å². The molecule has 1 aromatic carbocycles. The minimum absolute atomic E-state index is 0.00277. The first-order valence-electron chi connectivity index (χ1n) is 12.5. The molecule has 9 heteroatoms. The molecular weight excluding hydrogens is 458 g/mol. The first-order chi connectivity index (χ1) is 17.3. The fraction of sp³-hybridized carbons (Fsp3) is 0.444. The number of aryl methyl sites for hydroxylation is 1. The number of ketones is 1. The maximum absolute atomic E-state index is 13.1. The van der Waals surface area contributed by atoms with Gasteiger partial charge in [-0.3, -0.25) is 14.4 Å². The van der Waals surface area contributed by atoms with E-state index in [0.717, 1.165) is 5.56 Å². The Morgan fingerprint density at radius 3 is 2.50 bits per heavy atom. The van der Waals surface area contributed by atoms with E-state index in [0.29, 0.717) is 77.6 Å². The standard InChI is InChI=1S/C27H31N5O4/c1-15-10-23(36-13-18-4-5-18)21(11-20(15)16(2)33)24-26-25(30-14-29-24)22(12-28-26)27(35)31-19-6-8-32(9-7-19)17(3)34/h10-12,14,18-19,28H,4-9,13H2,1-3H3,(H,31,35). The number of nitrogens with one attached hydrogen (secondary N) is 2. The lowest BCUT2D eigenvalue weighted by molar-refractivity contribution is -0.129. The number of aromatic nitrogens is 3. The van der Waals surface area contributed by atoms with Gasteiger partial charge in [-0.1, -0.05) is 0 Å². The zero-order valence-electron chi connectivity index (χ0n) is 20.9. The predicted molar refractivity (Wildman–Crippen MR) is 135 cm³/mol. The van der Waals surface area contributed by atoms with Crippen LogP contribution >= 0.6 is 0 Å². The molecule has 1 aliphatic heterocycles. The van der Waals surface area contributed by atoms with E-state index in [2.05, 4.69) is 20.3 Å². The van der Waals surface area contributed by atoms with Gasteiger partial charge in [-0.25, -0.2) is 9.97 Å². The second-order valence-electron chi connectivity index (χ2n) is 9.88. The summed E-state index contributed by atoms with van der Waals surface area (Å²) in [7, 11) is 0. The average Bonchev–Trinajstić information content (AvgIpc) is 3.58. The number of ether oxygens (including phenoxy) is 1. The van der Waals surface area contributed by atoms with Crippen LogP contribution in [0.4, 0.5) is 0 Å². The number of Topliss-reactive ketones (excluding diaryl/α,β-unsaturated/α-hetero) is 1. The first kappa shape index (κ1) is 24.0. The molecular formula is C27H31N5O4. The number of rotatable bonds is 7. The Balaban J connectivity index is 1.45. The van der Waals surface area contributed by atoms with Crippen LogP contribution in [0.1, 0.15) is 65.8 Å². The van der Waals surface area contributed by atoms with Gasteiger partial charge in [0.2, 0.25) is 5.91 Å². The van der Waals surface area contributed by atoms with Crippen LogP contribution in [0.15, 0.2) is 24.7 Å². The number of hydrogen-bond acceptors (Lipinski definition) is 6. The SMILES string of the molecule is CC(=O)c1cc(-c2ncnc3c(C(=O)NC4CCN(C(C)=O)CC4)c[nH]c23)c(OCC2CC2)cc1C. The highest BCUT2D eigenvalue weighted by Crippen LogP contribution is 2.37. The van der Waals surface area contributed by atoms with Gasteiger partial charge in [0.1, 0.15) is 23.3 Å². The summed E-state index contributed by atoms with van der Waals surface area (Å²) in [6.45, 7) is 6.91. The minimum atomic E-state index is -0.217. The first-order valence-corrected chi connectivity index (χ1v) is 12.5. The average molecular weight is 490 g/mol. The topological polar surface area (TPSA) is 117 Å². The molecule has 2 N–H and O–H groups in total. The van der Waals surface area contributed by atoms with Gasteiger partial charge in [-0.05, 0) is 63.1 Å². The number of piperidine rings is 1. The van der Waals surface area contributed by atoms with Crippen LogP contribution in [0.25, 0.3) is 22.3 Å². The summed E-state index contributed by atoms with van der Waals surface area (Å²) >= 11 is 0. The van der Waals surface area contributed by atoms with E-state index in [1.54, 1.807) is 24.9 Å². The van der Waals surface area contributed by atoms with Gasteiger partial charge in [0.05, 0.1) is 17.7 Å². The van der Waals surface area contributed by atoms with E-state index in [1.165, 1.54) is 19.2 Å². The van der Waals surface area contributed by atoms with Gasteiger partial charge >= 0.3 is 0 Å². The van der Waals surface area contributed by atoms with E-state index < -0.39 is 0 Å². The molecule has 9 nitrogen and oxygen atoms in total. The lowest BCUT2D eigenvalue weighted by atomic mass is 9.98. The maximum atomic E-state index is 13.1. The molecule has 0 bridgehead atoms. The van der Waals surface area contributed by atoms with Crippen molar-refractivity contribution < 1.29 is 19.1 Å². The van der Waals surface area contributed by atoms with Crippen LogP contribution in [-0.4, -0.2) is 63.2 Å². The van der Waals surface area contributed by atoms with Crippen molar-refractivity contribution in [2.75, 3.05) is 19.7 Å². The summed E-state index contributed by atoms with van der Waals surface area (Å²) in [6.07, 6.45) is 6.85. The molecule has 0 radical (unpaired) electrons. The number of nitrogens with zero attached hydrogens (tertiary/aromatic N) is 3. The van der Waals surface area contributed by atoms with Crippen LogP contribution in [0.5, 0.6) is 5.75 Å². The number of H-pyrrole nitrogens is 1. The molecule has 0 unspecified atom stereocenters. The smallest absolute Gasteiger partial charge is 0.255 e. The van der Waals surface area contributed by atoms with E-state index in [-0.39, 0.29) is 23.6 Å². The van der Waals surface area contributed by atoms with Crippen molar-refractivity contribution >= 4 is 28.6 Å². The lowest BCUT2D eigenvalue weighted by Gasteiger charge is -2.31. The Morgan fingerprint density at radius 2 is 1.83 bits per heavy atom. The van der Waals surface area contributed by atoms with Gasteiger partial charge in [-0.2, -0.15) is 0 Å². The molecule has 0 atom stereocenters. The molecule has 188 valence electrons. The largest absolute Gasteiger partial charge is 0.493 e. The Bertz CT molecular complexity index is 1340. The third-order valence-electron chi connectivity index (χ3n) is 7.12. The van der Waals surface area contributed by atoms with Crippen LogP contribution in [-0.2, 0) is 4.79 Å². The number of aromatic amines is 1. The Morgan fingerprint density at radius 1 is 1.08 bits per heavy atom. The summed E-state index contributed by atoms with van der Waals surface area (Å²) in [4.78, 5) is 50.9. The zero-order chi connectivity index (χ0) is 25.4. The number of hydrogen-bond donors (Lipinski definition) is 2. The molecule has 2 aliphatic rings. The van der Waals surface area contributed by atoms with E-state index in [4.69, 9.17) is 4.74 Å². The highest BCUT2D eigenvalue weighted by Gasteiger charge is 2.26. The van der Waals surface area contributed by atoms with Crippen LogP contribution in [0.2, 0.25) is 0 Å². The predicted octanol–water partition coefficient (Wildman–Crippen LogP) is 3.67. The number of carbonyl (C=O) groups is 3. The van der Waals surface area contributed by atoms with Crippen molar-refractivity contribution in [2.45, 2.75) is 52.5 Å². The molecule has 1 aliphatic carbocycles. The molecule has 1 saturated heterocycles. The monoisotopic (exact) mass is 489 g/mol. The summed E-state index contributed by atoms with van der Waals surface area (Å²) in [5.41, 5.74) is 4.30. The van der Waals surface area contributed by atoms with Crippen molar-refractivity contribution in [3.05, 3.63) is 41.3 Å². The molecule has 36 heavy (non-hydrogen) atoms. The summed E-state index contributed by atoms with van der Waals surface area (Å²) < 4.78 is 6.17. The lowest BCUT2D eigenvalue weighted by Crippen LogP contribution is -2.45. The number of amides is 2. The van der Waals surface area contributed by atoms with Gasteiger partial charge in [-0.15, -0.1) is 0 Å². The third kappa shape index (κ3) is 4.82. The van der Waals surface area contributed by atoms with Gasteiger partial charge in [0.15, 0.2) is 5.78 Å². The second-order valence-corrected chi connectivity index (χ2v) is 9.88. The van der Waals surface area contributed by atoms with Crippen LogP contribution < -0.4 is 10.1 Å².